The first kappa shape index (κ1) is 16.2. The van der Waals surface area contributed by atoms with Crippen LogP contribution in [0.25, 0.3) is 0 Å². The smallest absolute Gasteiger partial charge is 0.129 e. The molecule has 1 nitrogen and oxygen atoms in total. The molecule has 21 heavy (non-hydrogen) atoms. The van der Waals surface area contributed by atoms with Crippen molar-refractivity contribution in [2.45, 2.75) is 33.2 Å². The summed E-state index contributed by atoms with van der Waals surface area (Å²) < 4.78 is 15.2. The molecule has 0 heterocycles. The van der Waals surface area contributed by atoms with Crippen molar-refractivity contribution in [2.75, 3.05) is 6.54 Å². The summed E-state index contributed by atoms with van der Waals surface area (Å²) in [6, 6.07) is 11.3. The molecule has 112 valence electrons. The quantitative estimate of drug-likeness (QED) is 0.772. The van der Waals surface area contributed by atoms with Crippen LogP contribution in [0.5, 0.6) is 0 Å². The lowest BCUT2D eigenvalue weighted by molar-refractivity contribution is 0.543. The van der Waals surface area contributed by atoms with E-state index in [1.807, 2.05) is 6.07 Å². The van der Waals surface area contributed by atoms with E-state index >= 15 is 0 Å². The van der Waals surface area contributed by atoms with E-state index in [0.29, 0.717) is 5.56 Å². The van der Waals surface area contributed by atoms with Crippen molar-refractivity contribution in [3.05, 3.63) is 68.9 Å². The minimum Gasteiger partial charge on any atom is -0.306 e. The van der Waals surface area contributed by atoms with Gasteiger partial charge in [-0.2, -0.15) is 0 Å². The Morgan fingerprint density at radius 3 is 2.62 bits per heavy atom. The van der Waals surface area contributed by atoms with Crippen LogP contribution >= 0.6 is 15.9 Å². The fourth-order valence-electron chi connectivity index (χ4n) is 2.51. The van der Waals surface area contributed by atoms with E-state index in [9.17, 15) is 4.39 Å². The first-order valence-corrected chi connectivity index (χ1v) is 8.08. The molecular formula is C18H21BrFN. The third-order valence-electron chi connectivity index (χ3n) is 3.63. The van der Waals surface area contributed by atoms with Crippen LogP contribution in [0.2, 0.25) is 0 Å². The van der Waals surface area contributed by atoms with Crippen LogP contribution < -0.4 is 5.32 Å². The van der Waals surface area contributed by atoms with Crippen LogP contribution in [0.3, 0.4) is 0 Å². The highest BCUT2D eigenvalue weighted by Crippen LogP contribution is 2.32. The number of hydrogen-bond acceptors (Lipinski definition) is 1. The maximum Gasteiger partial charge on any atom is 0.129 e. The highest BCUT2D eigenvalue weighted by Gasteiger charge is 2.21. The summed E-state index contributed by atoms with van der Waals surface area (Å²) >= 11 is 3.50. The summed E-state index contributed by atoms with van der Waals surface area (Å²) in [6.07, 6.45) is 1.01. The summed E-state index contributed by atoms with van der Waals surface area (Å²) in [5.41, 5.74) is 4.17. The van der Waals surface area contributed by atoms with Gasteiger partial charge in [-0.25, -0.2) is 4.39 Å². The summed E-state index contributed by atoms with van der Waals surface area (Å²) in [5, 5.41) is 3.48. The first-order chi connectivity index (χ1) is 10.0. The average molecular weight is 350 g/mol. The second kappa shape index (κ2) is 7.19. The molecule has 0 bridgehead atoms. The predicted octanol–water partition coefficient (Wildman–Crippen LogP) is 5.29. The zero-order chi connectivity index (χ0) is 15.4. The second-order valence-corrected chi connectivity index (χ2v) is 6.24. The molecule has 0 aliphatic rings. The molecular weight excluding hydrogens is 329 g/mol. The van der Waals surface area contributed by atoms with E-state index in [2.05, 4.69) is 60.2 Å². The topological polar surface area (TPSA) is 12.0 Å². The Balaban J connectivity index is 2.55. The molecule has 2 aromatic carbocycles. The van der Waals surface area contributed by atoms with Crippen LogP contribution in [-0.4, -0.2) is 6.54 Å². The Kier molecular flexibility index (Phi) is 5.54. The summed E-state index contributed by atoms with van der Waals surface area (Å²) in [4.78, 5) is 0. The van der Waals surface area contributed by atoms with Gasteiger partial charge in [0.15, 0.2) is 0 Å². The number of nitrogens with one attached hydrogen (secondary N) is 1. The van der Waals surface area contributed by atoms with E-state index < -0.39 is 0 Å². The van der Waals surface area contributed by atoms with Crippen molar-refractivity contribution < 1.29 is 4.39 Å². The lowest BCUT2D eigenvalue weighted by atomic mass is 9.93. The van der Waals surface area contributed by atoms with Gasteiger partial charge in [0.05, 0.1) is 6.04 Å². The number of benzene rings is 2. The van der Waals surface area contributed by atoms with E-state index in [4.69, 9.17) is 0 Å². The van der Waals surface area contributed by atoms with E-state index in [1.165, 1.54) is 17.2 Å². The van der Waals surface area contributed by atoms with Gasteiger partial charge in [0, 0.05) is 10.0 Å². The summed E-state index contributed by atoms with van der Waals surface area (Å²) in [5.74, 6) is -0.182. The van der Waals surface area contributed by atoms with Crippen molar-refractivity contribution in [1.82, 2.24) is 5.32 Å². The normalized spacial score (nSPS) is 12.4. The Morgan fingerprint density at radius 1 is 1.19 bits per heavy atom. The van der Waals surface area contributed by atoms with Crippen molar-refractivity contribution in [3.8, 4) is 0 Å². The summed E-state index contributed by atoms with van der Waals surface area (Å²) in [6.45, 7) is 7.10. The van der Waals surface area contributed by atoms with Crippen LogP contribution in [0, 0.1) is 19.7 Å². The van der Waals surface area contributed by atoms with Crippen LogP contribution in [0.4, 0.5) is 4.39 Å². The summed E-state index contributed by atoms with van der Waals surface area (Å²) in [7, 11) is 0. The van der Waals surface area contributed by atoms with Gasteiger partial charge in [-0.3, -0.25) is 0 Å². The molecule has 0 aliphatic heterocycles. The van der Waals surface area contributed by atoms with Gasteiger partial charge >= 0.3 is 0 Å². The van der Waals surface area contributed by atoms with Gasteiger partial charge in [-0.05, 0) is 50.1 Å². The van der Waals surface area contributed by atoms with Crippen molar-refractivity contribution in [1.29, 1.82) is 0 Å². The maximum atomic E-state index is 14.4. The van der Waals surface area contributed by atoms with Crippen LogP contribution in [0.15, 0.2) is 40.9 Å². The van der Waals surface area contributed by atoms with Gasteiger partial charge in [0.2, 0.25) is 0 Å². The Labute approximate surface area is 134 Å². The zero-order valence-corrected chi connectivity index (χ0v) is 14.3. The molecule has 0 amide bonds. The van der Waals surface area contributed by atoms with Gasteiger partial charge in [-0.15, -0.1) is 0 Å². The van der Waals surface area contributed by atoms with Crippen molar-refractivity contribution in [3.63, 3.8) is 0 Å². The molecule has 0 aromatic heterocycles. The third kappa shape index (κ3) is 3.72. The van der Waals surface area contributed by atoms with E-state index in [-0.39, 0.29) is 11.9 Å². The Hall–Kier alpha value is -1.19. The minimum absolute atomic E-state index is 0.138. The highest BCUT2D eigenvalue weighted by molar-refractivity contribution is 9.10. The molecule has 0 spiro atoms. The second-order valence-electron chi connectivity index (χ2n) is 5.38. The maximum absolute atomic E-state index is 14.4. The average Bonchev–Trinajstić information content (AvgIpc) is 2.45. The third-order valence-corrected chi connectivity index (χ3v) is 4.32. The monoisotopic (exact) mass is 349 g/mol. The van der Waals surface area contributed by atoms with Crippen molar-refractivity contribution >= 4 is 15.9 Å². The highest BCUT2D eigenvalue weighted by atomic mass is 79.9. The molecule has 0 saturated carbocycles. The molecule has 1 unspecified atom stereocenters. The molecule has 0 saturated heterocycles. The standard InChI is InChI=1S/C18H21BrFN/c1-4-10-21-18(14-11-12(2)8-9-13(14)3)17-15(19)6-5-7-16(17)20/h5-9,11,18,21H,4,10H2,1-3H3. The lowest BCUT2D eigenvalue weighted by Gasteiger charge is -2.23. The lowest BCUT2D eigenvalue weighted by Crippen LogP contribution is -2.25. The predicted molar refractivity (Wildman–Crippen MR) is 90.2 cm³/mol. The SMILES string of the molecule is CCCNC(c1cc(C)ccc1C)c1c(F)cccc1Br. The number of rotatable bonds is 5. The Morgan fingerprint density at radius 2 is 1.95 bits per heavy atom. The van der Waals surface area contributed by atoms with E-state index in [0.717, 1.165) is 23.0 Å². The largest absolute Gasteiger partial charge is 0.306 e. The van der Waals surface area contributed by atoms with Gasteiger partial charge in [0.25, 0.3) is 0 Å². The number of hydrogen-bond donors (Lipinski definition) is 1. The van der Waals surface area contributed by atoms with Gasteiger partial charge in [0.1, 0.15) is 5.82 Å². The number of aryl methyl sites for hydroxylation is 2. The van der Waals surface area contributed by atoms with Crippen LogP contribution in [0.1, 0.15) is 41.6 Å². The molecule has 0 fully saturated rings. The van der Waals surface area contributed by atoms with Gasteiger partial charge in [-0.1, -0.05) is 52.7 Å². The molecule has 3 heteroatoms. The zero-order valence-electron chi connectivity index (χ0n) is 12.7. The molecule has 1 atom stereocenters. The molecule has 0 aliphatic carbocycles. The van der Waals surface area contributed by atoms with Gasteiger partial charge < -0.3 is 5.32 Å². The fourth-order valence-corrected chi connectivity index (χ4v) is 3.08. The fraction of sp³-hybridized carbons (Fsp3) is 0.333. The molecule has 2 rings (SSSR count). The molecule has 2 aromatic rings. The Bertz CT molecular complexity index is 604. The molecule has 0 radical (unpaired) electrons. The first-order valence-electron chi connectivity index (χ1n) is 7.29. The molecule has 1 N–H and O–H groups in total. The van der Waals surface area contributed by atoms with Crippen LogP contribution in [-0.2, 0) is 0 Å². The van der Waals surface area contributed by atoms with Crippen molar-refractivity contribution in [2.24, 2.45) is 0 Å². The number of halogens is 2. The minimum atomic E-state index is -0.182. The van der Waals surface area contributed by atoms with E-state index in [1.54, 1.807) is 6.07 Å².